The second-order valence-corrected chi connectivity index (χ2v) is 5.00. The Labute approximate surface area is 80.7 Å². The van der Waals surface area contributed by atoms with Crippen molar-refractivity contribution in [3.63, 3.8) is 0 Å². The van der Waals surface area contributed by atoms with Crippen LogP contribution < -0.4 is 0 Å². The highest BCUT2D eigenvalue weighted by Gasteiger charge is 2.13. The van der Waals surface area contributed by atoms with Crippen molar-refractivity contribution in [1.29, 1.82) is 0 Å². The lowest BCUT2D eigenvalue weighted by molar-refractivity contribution is 0.475. The smallest absolute Gasteiger partial charge is 0.261 e. The van der Waals surface area contributed by atoms with E-state index < -0.39 is 9.05 Å². The predicted molar refractivity (Wildman–Crippen MR) is 51.9 cm³/mol. The van der Waals surface area contributed by atoms with E-state index in [1.165, 1.54) is 24.3 Å². The molecule has 0 saturated carbocycles. The summed E-state index contributed by atoms with van der Waals surface area (Å²) in [5.74, 6) is -0.0287. The Kier molecular flexibility index (Phi) is 2.63. The summed E-state index contributed by atoms with van der Waals surface area (Å²) in [5, 5.41) is 9.05. The van der Waals surface area contributed by atoms with Gasteiger partial charge in [-0.2, -0.15) is 0 Å². The summed E-state index contributed by atoms with van der Waals surface area (Å²) in [5.41, 5.74) is 0.287. The molecule has 3 nitrogen and oxygen atoms in total. The number of hydrogen-bond acceptors (Lipinski definition) is 3. The lowest BCUT2D eigenvalue weighted by Crippen LogP contribution is -1.92. The number of rotatable bonds is 2. The molecule has 1 aromatic carbocycles. The van der Waals surface area contributed by atoms with E-state index in [9.17, 15) is 8.42 Å². The van der Waals surface area contributed by atoms with E-state index in [2.05, 4.69) is 6.58 Å². The molecule has 0 heterocycles. The molecule has 0 spiro atoms. The fourth-order valence-electron chi connectivity index (χ4n) is 0.820. The van der Waals surface area contributed by atoms with Crippen LogP contribution in [0, 0.1) is 0 Å². The van der Waals surface area contributed by atoms with E-state index in [-0.39, 0.29) is 16.2 Å². The van der Waals surface area contributed by atoms with Crippen molar-refractivity contribution in [2.45, 2.75) is 0 Å². The average molecular weight is 219 g/mol. The van der Waals surface area contributed by atoms with E-state index in [0.717, 1.165) is 0 Å². The van der Waals surface area contributed by atoms with Gasteiger partial charge in [0.15, 0.2) is 0 Å². The molecule has 0 fully saturated rings. The Bertz CT molecular complexity index is 436. The van der Waals surface area contributed by atoms with Crippen LogP contribution in [0.3, 0.4) is 0 Å². The molecule has 0 aliphatic heterocycles. The molecule has 0 aliphatic carbocycles. The van der Waals surface area contributed by atoms with E-state index in [0.29, 0.717) is 0 Å². The lowest BCUT2D eigenvalue weighted by atomic mass is 10.2. The summed E-state index contributed by atoms with van der Waals surface area (Å²) in [6, 6.07) is 5.72. The third-order valence-corrected chi connectivity index (χ3v) is 2.85. The number of hydrogen-bond donors (Lipinski definition) is 1. The third kappa shape index (κ3) is 2.47. The monoisotopic (exact) mass is 218 g/mol. The minimum atomic E-state index is -3.81. The van der Waals surface area contributed by atoms with Gasteiger partial charge in [0.05, 0.1) is 4.91 Å². The quantitative estimate of drug-likeness (QED) is 0.772. The van der Waals surface area contributed by atoms with Crippen LogP contribution in [0.2, 0.25) is 0 Å². The van der Waals surface area contributed by atoms with Gasteiger partial charge in [-0.15, -0.1) is 0 Å². The molecule has 0 aromatic heterocycles. The van der Waals surface area contributed by atoms with Gasteiger partial charge in [0.25, 0.3) is 9.05 Å². The van der Waals surface area contributed by atoms with E-state index >= 15 is 0 Å². The highest BCUT2D eigenvalue weighted by molar-refractivity contribution is 8.21. The summed E-state index contributed by atoms with van der Waals surface area (Å²) in [6.45, 7) is 3.31. The van der Waals surface area contributed by atoms with Crippen LogP contribution in [0.1, 0.15) is 5.56 Å². The van der Waals surface area contributed by atoms with Gasteiger partial charge in [-0.25, -0.2) is 8.42 Å². The van der Waals surface area contributed by atoms with E-state index in [1.807, 2.05) is 0 Å². The van der Waals surface area contributed by atoms with Crippen LogP contribution in [0.5, 0.6) is 5.75 Å². The van der Waals surface area contributed by atoms with Crippen molar-refractivity contribution in [3.05, 3.63) is 36.4 Å². The summed E-state index contributed by atoms with van der Waals surface area (Å²) in [7, 11) is 1.26. The zero-order valence-electron chi connectivity index (χ0n) is 6.57. The van der Waals surface area contributed by atoms with Crippen LogP contribution in [0.15, 0.2) is 30.8 Å². The molecule has 0 amide bonds. The highest BCUT2D eigenvalue weighted by atomic mass is 35.7. The maximum absolute atomic E-state index is 10.8. The molecule has 1 aromatic rings. The molecule has 0 aliphatic rings. The Morgan fingerprint density at radius 1 is 1.46 bits per heavy atom. The first kappa shape index (κ1) is 10.1. The molecule has 1 N–H and O–H groups in total. The summed E-state index contributed by atoms with van der Waals surface area (Å²) < 4.78 is 21.7. The van der Waals surface area contributed by atoms with Gasteiger partial charge in [-0.1, -0.05) is 18.7 Å². The van der Waals surface area contributed by atoms with Gasteiger partial charge in [0.1, 0.15) is 5.75 Å². The van der Waals surface area contributed by atoms with Crippen molar-refractivity contribution in [1.82, 2.24) is 0 Å². The topological polar surface area (TPSA) is 54.4 Å². The maximum atomic E-state index is 10.8. The summed E-state index contributed by atoms with van der Waals surface area (Å²) >= 11 is 0. The van der Waals surface area contributed by atoms with Crippen molar-refractivity contribution in [2.24, 2.45) is 0 Å². The number of aromatic hydroxyl groups is 1. The minimum absolute atomic E-state index is 0.0287. The standard InChI is InChI=1S/C8H7ClO3S/c1-6(13(9,11)12)7-3-2-4-8(10)5-7/h2-5,10H,1H2. The van der Waals surface area contributed by atoms with Crippen molar-refractivity contribution in [3.8, 4) is 5.75 Å². The zero-order valence-corrected chi connectivity index (χ0v) is 8.14. The van der Waals surface area contributed by atoms with E-state index in [1.54, 1.807) is 0 Å². The SMILES string of the molecule is C=C(c1cccc(O)c1)S(=O)(=O)Cl. The maximum Gasteiger partial charge on any atom is 0.261 e. The van der Waals surface area contributed by atoms with Crippen molar-refractivity contribution >= 4 is 24.6 Å². The molecule has 1 rings (SSSR count). The molecule has 0 radical (unpaired) electrons. The van der Waals surface area contributed by atoms with Crippen LogP contribution in [-0.4, -0.2) is 13.5 Å². The Hall–Kier alpha value is -1.00. The van der Waals surface area contributed by atoms with Crippen LogP contribution in [0.4, 0.5) is 0 Å². The van der Waals surface area contributed by atoms with Gasteiger partial charge in [0.2, 0.25) is 0 Å². The van der Waals surface area contributed by atoms with Crippen molar-refractivity contribution in [2.75, 3.05) is 0 Å². The summed E-state index contributed by atoms with van der Waals surface area (Å²) in [6.07, 6.45) is 0. The summed E-state index contributed by atoms with van der Waals surface area (Å²) in [4.78, 5) is -0.218. The Morgan fingerprint density at radius 3 is 2.54 bits per heavy atom. The number of phenols is 1. The van der Waals surface area contributed by atoms with Crippen molar-refractivity contribution < 1.29 is 13.5 Å². The lowest BCUT2D eigenvalue weighted by Gasteiger charge is -2.01. The molecule has 0 atom stereocenters. The van der Waals surface area contributed by atoms with Crippen LogP contribution in [-0.2, 0) is 9.05 Å². The zero-order chi connectivity index (χ0) is 10.1. The average Bonchev–Trinajstić information content (AvgIpc) is 2.01. The number of benzene rings is 1. The molecule has 5 heteroatoms. The number of phenolic OH excluding ortho intramolecular Hbond substituents is 1. The van der Waals surface area contributed by atoms with Gasteiger partial charge >= 0.3 is 0 Å². The first-order valence-corrected chi connectivity index (χ1v) is 5.65. The molecular formula is C8H7ClO3S. The fraction of sp³-hybridized carbons (Fsp3) is 0. The third-order valence-electron chi connectivity index (χ3n) is 1.46. The highest BCUT2D eigenvalue weighted by Crippen LogP contribution is 2.24. The Morgan fingerprint density at radius 2 is 2.08 bits per heavy atom. The largest absolute Gasteiger partial charge is 0.508 e. The molecule has 0 bridgehead atoms. The second kappa shape index (κ2) is 3.40. The first-order valence-electron chi connectivity index (χ1n) is 3.34. The van der Waals surface area contributed by atoms with Gasteiger partial charge in [-0.05, 0) is 17.7 Å². The van der Waals surface area contributed by atoms with Gasteiger partial charge in [-0.3, -0.25) is 0 Å². The predicted octanol–water partition coefficient (Wildman–Crippen LogP) is 1.93. The molecule has 13 heavy (non-hydrogen) atoms. The van der Waals surface area contributed by atoms with E-state index in [4.69, 9.17) is 15.8 Å². The van der Waals surface area contributed by atoms with Gasteiger partial charge in [0, 0.05) is 10.7 Å². The first-order chi connectivity index (χ1) is 5.91. The number of halogens is 1. The minimum Gasteiger partial charge on any atom is -0.508 e. The second-order valence-electron chi connectivity index (χ2n) is 2.41. The van der Waals surface area contributed by atoms with Gasteiger partial charge < -0.3 is 5.11 Å². The molecular weight excluding hydrogens is 212 g/mol. The molecule has 0 unspecified atom stereocenters. The normalized spacial score (nSPS) is 11.2. The van der Waals surface area contributed by atoms with Crippen LogP contribution >= 0.6 is 10.7 Å². The fourth-order valence-corrected chi connectivity index (χ4v) is 1.50. The Balaban J connectivity index is 3.18. The molecule has 0 saturated heterocycles. The van der Waals surface area contributed by atoms with Crippen LogP contribution in [0.25, 0.3) is 4.91 Å². The molecule has 70 valence electrons.